The van der Waals surface area contributed by atoms with Crippen LogP contribution >= 0.6 is 0 Å². The molecule has 0 radical (unpaired) electrons. The molecule has 3 aromatic rings. The molecule has 0 saturated carbocycles. The molecule has 4 rings (SSSR count). The normalized spacial score (nSPS) is 19.4. The van der Waals surface area contributed by atoms with Gasteiger partial charge in [-0.25, -0.2) is 5.06 Å². The minimum absolute atomic E-state index is 0.193. The Bertz CT molecular complexity index is 877. The Kier molecular flexibility index (Phi) is 3.44. The van der Waals surface area contributed by atoms with E-state index in [2.05, 4.69) is 12.1 Å². The highest BCUT2D eigenvalue weighted by Gasteiger charge is 2.49. The predicted octanol–water partition coefficient (Wildman–Crippen LogP) is 4.40. The van der Waals surface area contributed by atoms with E-state index in [0.29, 0.717) is 12.1 Å². The summed E-state index contributed by atoms with van der Waals surface area (Å²) in [7, 11) is 0. The quantitative estimate of drug-likeness (QED) is 0.752. The first-order valence-electron chi connectivity index (χ1n) is 8.00. The first-order chi connectivity index (χ1) is 11.7. The second kappa shape index (κ2) is 5.62. The number of rotatable bonds is 3. The van der Waals surface area contributed by atoms with Crippen LogP contribution in [0.2, 0.25) is 0 Å². The van der Waals surface area contributed by atoms with E-state index in [-0.39, 0.29) is 5.84 Å². The molecule has 0 bridgehead atoms. The van der Waals surface area contributed by atoms with Crippen molar-refractivity contribution in [3.05, 3.63) is 102 Å². The van der Waals surface area contributed by atoms with E-state index in [9.17, 15) is 5.21 Å². The maximum Gasteiger partial charge on any atom is 0.142 e. The monoisotopic (exact) mass is 314 g/mol. The molecule has 0 aromatic heterocycles. The van der Waals surface area contributed by atoms with Crippen molar-refractivity contribution in [1.29, 1.82) is 5.41 Å². The second-order valence-corrected chi connectivity index (χ2v) is 6.11. The maximum atomic E-state index is 10.5. The Labute approximate surface area is 141 Å². The largest absolute Gasteiger partial charge is 0.285 e. The molecular weight excluding hydrogens is 296 g/mol. The SMILES string of the molecule is N=C1N(O)c2ccccc2C1(Cc1ccccc1)c1ccccc1. The minimum Gasteiger partial charge on any atom is -0.285 e. The van der Waals surface area contributed by atoms with Gasteiger partial charge in [-0.2, -0.15) is 0 Å². The molecule has 3 heteroatoms. The summed E-state index contributed by atoms with van der Waals surface area (Å²) in [5.74, 6) is 0.193. The molecule has 118 valence electrons. The first-order valence-corrected chi connectivity index (χ1v) is 8.00. The van der Waals surface area contributed by atoms with Gasteiger partial charge < -0.3 is 0 Å². The number of para-hydroxylation sites is 1. The van der Waals surface area contributed by atoms with Crippen molar-refractivity contribution < 1.29 is 5.21 Å². The zero-order valence-corrected chi connectivity index (χ0v) is 13.2. The number of amidine groups is 1. The summed E-state index contributed by atoms with van der Waals surface area (Å²) in [5.41, 5.74) is 3.11. The highest BCUT2D eigenvalue weighted by atomic mass is 16.5. The third-order valence-corrected chi connectivity index (χ3v) is 4.79. The number of anilines is 1. The summed E-state index contributed by atoms with van der Waals surface area (Å²) in [4.78, 5) is 0. The van der Waals surface area contributed by atoms with E-state index in [1.807, 2.05) is 72.8 Å². The highest BCUT2D eigenvalue weighted by Crippen LogP contribution is 2.47. The standard InChI is InChI=1S/C21H18N2O/c22-20-21(17-11-5-2-6-12-17,15-16-9-3-1-4-10-16)18-13-7-8-14-19(18)23(20)24/h1-14,22,24H,15H2. The van der Waals surface area contributed by atoms with Crippen LogP contribution in [0.1, 0.15) is 16.7 Å². The lowest BCUT2D eigenvalue weighted by Gasteiger charge is -2.31. The fourth-order valence-corrected chi connectivity index (χ4v) is 3.65. The number of fused-ring (bicyclic) bond motifs is 1. The minimum atomic E-state index is -0.687. The number of hydrogen-bond acceptors (Lipinski definition) is 2. The van der Waals surface area contributed by atoms with E-state index in [1.165, 1.54) is 0 Å². The van der Waals surface area contributed by atoms with Gasteiger partial charge in [-0.15, -0.1) is 0 Å². The zero-order valence-electron chi connectivity index (χ0n) is 13.2. The number of nitrogens with one attached hydrogen (secondary N) is 1. The van der Waals surface area contributed by atoms with Gasteiger partial charge >= 0.3 is 0 Å². The molecular formula is C21H18N2O. The Hall–Kier alpha value is -2.91. The Morgan fingerprint density at radius 3 is 2.08 bits per heavy atom. The number of nitrogens with zero attached hydrogens (tertiary/aromatic N) is 1. The third-order valence-electron chi connectivity index (χ3n) is 4.79. The van der Waals surface area contributed by atoms with E-state index < -0.39 is 5.41 Å². The molecule has 24 heavy (non-hydrogen) atoms. The summed E-state index contributed by atoms with van der Waals surface area (Å²) < 4.78 is 0. The van der Waals surface area contributed by atoms with Gasteiger partial charge in [0.05, 0.1) is 11.1 Å². The van der Waals surface area contributed by atoms with Crippen LogP contribution in [0, 0.1) is 5.41 Å². The Morgan fingerprint density at radius 1 is 0.792 bits per heavy atom. The number of benzene rings is 3. The molecule has 1 heterocycles. The third kappa shape index (κ3) is 2.06. The molecule has 0 fully saturated rings. The predicted molar refractivity (Wildman–Crippen MR) is 95.8 cm³/mol. The molecule has 0 amide bonds. The van der Waals surface area contributed by atoms with Crippen molar-refractivity contribution in [2.24, 2.45) is 0 Å². The highest BCUT2D eigenvalue weighted by molar-refractivity contribution is 6.10. The van der Waals surface area contributed by atoms with Crippen LogP contribution in [0.3, 0.4) is 0 Å². The van der Waals surface area contributed by atoms with Gasteiger partial charge in [-0.05, 0) is 29.2 Å². The Balaban J connectivity index is 1.97. The number of hydroxylamine groups is 1. The van der Waals surface area contributed by atoms with E-state index >= 15 is 0 Å². The molecule has 1 aliphatic heterocycles. The van der Waals surface area contributed by atoms with E-state index in [4.69, 9.17) is 5.41 Å². The average molecular weight is 314 g/mol. The average Bonchev–Trinajstić information content (AvgIpc) is 2.86. The van der Waals surface area contributed by atoms with Gasteiger partial charge in [-0.1, -0.05) is 78.9 Å². The van der Waals surface area contributed by atoms with Crippen LogP contribution < -0.4 is 5.06 Å². The van der Waals surface area contributed by atoms with Crippen molar-refractivity contribution in [1.82, 2.24) is 0 Å². The van der Waals surface area contributed by atoms with Crippen LogP contribution in [0.5, 0.6) is 0 Å². The van der Waals surface area contributed by atoms with Crippen molar-refractivity contribution >= 4 is 11.5 Å². The van der Waals surface area contributed by atoms with Crippen LogP contribution in [0.15, 0.2) is 84.9 Å². The van der Waals surface area contributed by atoms with Gasteiger partial charge in [-0.3, -0.25) is 10.6 Å². The van der Waals surface area contributed by atoms with E-state index in [1.54, 1.807) is 0 Å². The summed E-state index contributed by atoms with van der Waals surface area (Å²) >= 11 is 0. The molecule has 0 spiro atoms. The maximum absolute atomic E-state index is 10.5. The lowest BCUT2D eigenvalue weighted by molar-refractivity contribution is 0.311. The summed E-state index contributed by atoms with van der Waals surface area (Å²) in [6.45, 7) is 0. The molecule has 1 atom stereocenters. The molecule has 0 aliphatic carbocycles. The van der Waals surface area contributed by atoms with Crippen molar-refractivity contribution in [3.63, 3.8) is 0 Å². The van der Waals surface area contributed by atoms with Gasteiger partial charge in [0.25, 0.3) is 0 Å². The smallest absolute Gasteiger partial charge is 0.142 e. The van der Waals surface area contributed by atoms with Gasteiger partial charge in [0.2, 0.25) is 0 Å². The molecule has 2 N–H and O–H groups in total. The molecule has 3 aromatic carbocycles. The van der Waals surface area contributed by atoms with Crippen molar-refractivity contribution in [2.75, 3.05) is 5.06 Å². The fraction of sp³-hybridized carbons (Fsp3) is 0.0952. The van der Waals surface area contributed by atoms with Gasteiger partial charge in [0, 0.05) is 0 Å². The van der Waals surface area contributed by atoms with Crippen molar-refractivity contribution in [2.45, 2.75) is 11.8 Å². The lowest BCUT2D eigenvalue weighted by Crippen LogP contribution is -2.41. The summed E-state index contributed by atoms with van der Waals surface area (Å²) in [6, 6.07) is 27.9. The van der Waals surface area contributed by atoms with Crippen LogP contribution in [-0.4, -0.2) is 11.0 Å². The van der Waals surface area contributed by atoms with Gasteiger partial charge in [0.15, 0.2) is 0 Å². The van der Waals surface area contributed by atoms with Crippen molar-refractivity contribution in [3.8, 4) is 0 Å². The van der Waals surface area contributed by atoms with Gasteiger partial charge in [0.1, 0.15) is 5.84 Å². The summed E-state index contributed by atoms with van der Waals surface area (Å²) in [6.07, 6.45) is 0.630. The van der Waals surface area contributed by atoms with Crippen LogP contribution in [0.25, 0.3) is 0 Å². The topological polar surface area (TPSA) is 47.3 Å². The molecule has 0 saturated heterocycles. The molecule has 1 aliphatic rings. The Morgan fingerprint density at radius 2 is 1.38 bits per heavy atom. The second-order valence-electron chi connectivity index (χ2n) is 6.11. The number of hydrogen-bond donors (Lipinski definition) is 2. The fourth-order valence-electron chi connectivity index (χ4n) is 3.65. The van der Waals surface area contributed by atoms with Crippen LogP contribution in [-0.2, 0) is 11.8 Å². The summed E-state index contributed by atoms with van der Waals surface area (Å²) in [5, 5.41) is 20.3. The molecule has 3 nitrogen and oxygen atoms in total. The van der Waals surface area contributed by atoms with E-state index in [0.717, 1.165) is 21.8 Å². The van der Waals surface area contributed by atoms with Crippen LogP contribution in [0.4, 0.5) is 5.69 Å². The molecule has 1 unspecified atom stereocenters. The lowest BCUT2D eigenvalue weighted by atomic mass is 9.71. The first kappa shape index (κ1) is 14.7. The zero-order chi connectivity index (χ0) is 16.6.